The van der Waals surface area contributed by atoms with Crippen LogP contribution in [0.25, 0.3) is 49.4 Å². The molecule has 5 heterocycles. The summed E-state index contributed by atoms with van der Waals surface area (Å²) < 4.78 is 70.2. The van der Waals surface area contributed by atoms with Crippen LogP contribution in [0.15, 0.2) is 130 Å². The molecule has 15 heteroatoms. The average Bonchev–Trinajstić information content (AvgIpc) is 3.93. The van der Waals surface area contributed by atoms with Crippen molar-refractivity contribution in [3.63, 3.8) is 0 Å². The molecular weight excluding hydrogens is 937 g/mol. The lowest BCUT2D eigenvalue weighted by Gasteiger charge is -2.29. The highest BCUT2D eigenvalue weighted by atomic mass is 32.2. The van der Waals surface area contributed by atoms with Crippen LogP contribution >= 0.6 is 34.4 Å². The summed E-state index contributed by atoms with van der Waals surface area (Å²) in [6, 6.07) is 33.9. The van der Waals surface area contributed by atoms with Gasteiger partial charge in [0.15, 0.2) is 10.6 Å². The van der Waals surface area contributed by atoms with Crippen LogP contribution in [-0.2, 0) is 33.3 Å². The molecule has 4 aromatic carbocycles. The van der Waals surface area contributed by atoms with E-state index in [9.17, 15) is 25.9 Å². The third-order valence-corrected chi connectivity index (χ3v) is 17.3. The summed E-state index contributed by atoms with van der Waals surface area (Å²) in [6.07, 6.45) is 12.3. The molecule has 0 saturated carbocycles. The van der Waals surface area contributed by atoms with Crippen molar-refractivity contribution in [3.8, 4) is 0 Å². The first kappa shape index (κ1) is 48.3. The Morgan fingerprint density at radius 1 is 0.746 bits per heavy atom. The van der Waals surface area contributed by atoms with Gasteiger partial charge in [-0.3, -0.25) is 9.11 Å². The van der Waals surface area contributed by atoms with E-state index in [1.54, 1.807) is 34.4 Å². The molecule has 2 aliphatic heterocycles. The monoisotopic (exact) mass is 992 g/mol. The highest BCUT2D eigenvalue weighted by molar-refractivity contribution is 8.03. The zero-order valence-electron chi connectivity index (χ0n) is 38.3. The number of aromatic nitrogens is 2. The number of nitrogens with zero attached hydrogens (tertiary/aromatic N) is 4. The summed E-state index contributed by atoms with van der Waals surface area (Å²) in [4.78, 5) is 6.84. The van der Waals surface area contributed by atoms with E-state index < -0.39 is 20.2 Å². The van der Waals surface area contributed by atoms with Gasteiger partial charge >= 0.3 is 0 Å². The van der Waals surface area contributed by atoms with Gasteiger partial charge in [0.2, 0.25) is 16.7 Å². The van der Waals surface area contributed by atoms with Gasteiger partial charge in [-0.25, -0.2) is 0 Å². The van der Waals surface area contributed by atoms with Crippen molar-refractivity contribution in [1.29, 1.82) is 0 Å². The van der Waals surface area contributed by atoms with Crippen molar-refractivity contribution in [3.05, 3.63) is 152 Å². The second kappa shape index (κ2) is 20.6. The van der Waals surface area contributed by atoms with Crippen molar-refractivity contribution in [1.82, 2.24) is 0 Å². The molecule has 0 radical (unpaired) electrons. The van der Waals surface area contributed by atoms with Gasteiger partial charge < -0.3 is 9.80 Å². The number of allylic oxidation sites excluding steroid dienone is 3. The van der Waals surface area contributed by atoms with Gasteiger partial charge in [-0.2, -0.15) is 26.0 Å². The molecule has 0 atom stereocenters. The number of hydrogen-bond donors (Lipinski definition) is 2. The summed E-state index contributed by atoms with van der Waals surface area (Å²) in [6.45, 7) is 13.5. The fraction of sp³-hybridized carbons (Fsp3) is 0.269. The zero-order valence-corrected chi connectivity index (χ0v) is 42.4. The molecular formula is C52H56N4O6S5+2. The highest BCUT2D eigenvalue weighted by Crippen LogP contribution is 2.50. The molecule has 67 heavy (non-hydrogen) atoms. The van der Waals surface area contributed by atoms with Crippen LogP contribution in [0.2, 0.25) is 0 Å². The summed E-state index contributed by atoms with van der Waals surface area (Å²) in [7, 11) is -8.13. The largest absolute Gasteiger partial charge is 0.341 e. The second-order valence-electron chi connectivity index (χ2n) is 16.5. The Morgan fingerprint density at radius 2 is 1.45 bits per heavy atom. The summed E-state index contributed by atoms with van der Waals surface area (Å²) >= 11 is 5.04. The Hall–Kier alpha value is -5.13. The number of anilines is 2. The molecule has 3 aromatic heterocycles. The van der Waals surface area contributed by atoms with Gasteiger partial charge in [0.05, 0.1) is 22.2 Å². The average molecular weight is 993 g/mol. The smallest absolute Gasteiger partial charge is 0.265 e. The molecule has 0 fully saturated rings. The molecule has 7 aromatic rings. The van der Waals surface area contributed by atoms with Gasteiger partial charge in [-0.1, -0.05) is 96.8 Å². The molecule has 10 nitrogen and oxygen atoms in total. The Kier molecular flexibility index (Phi) is 14.9. The fourth-order valence-electron chi connectivity index (χ4n) is 8.80. The van der Waals surface area contributed by atoms with Gasteiger partial charge in [-0.15, -0.1) is 11.3 Å². The first-order valence-electron chi connectivity index (χ1n) is 22.6. The van der Waals surface area contributed by atoms with Gasteiger partial charge in [0.1, 0.15) is 6.54 Å². The maximum absolute atomic E-state index is 11.5. The number of thiophene rings is 1. The molecule has 0 aliphatic carbocycles. The molecule has 9 rings (SSSR count). The number of thioether (sulfide) groups is 1. The Balaban J connectivity index is 0.000000206. The normalized spacial score (nSPS) is 15.2. The van der Waals surface area contributed by atoms with Gasteiger partial charge in [0, 0.05) is 81.3 Å². The third kappa shape index (κ3) is 10.9. The number of benzene rings is 4. The van der Waals surface area contributed by atoms with Crippen LogP contribution in [-0.4, -0.2) is 50.5 Å². The van der Waals surface area contributed by atoms with Crippen molar-refractivity contribution in [2.24, 2.45) is 0 Å². The first-order valence-corrected chi connectivity index (χ1v) is 28.2. The van der Waals surface area contributed by atoms with E-state index in [2.05, 4.69) is 169 Å². The van der Waals surface area contributed by atoms with Crippen molar-refractivity contribution in [2.75, 3.05) is 34.4 Å². The van der Waals surface area contributed by atoms with E-state index in [0.717, 1.165) is 62.0 Å². The van der Waals surface area contributed by atoms with Crippen LogP contribution < -0.4 is 18.9 Å². The number of rotatable bonds is 14. The lowest BCUT2D eigenvalue weighted by atomic mass is 10.0. The first-order chi connectivity index (χ1) is 32.2. The summed E-state index contributed by atoms with van der Waals surface area (Å²) in [5.74, 6) is -0.610. The zero-order chi connectivity index (χ0) is 47.5. The molecule has 2 aliphatic rings. The summed E-state index contributed by atoms with van der Waals surface area (Å²) in [5, 5.41) is 5.45. The maximum Gasteiger partial charge on any atom is 0.265 e. The second-order valence-corrected chi connectivity index (χ2v) is 23.2. The standard InChI is InChI=1S/C29H32N2O6S5.C23H23N2/c1-4-21(18-26-30(13-7-15-41(32,33)34)27-19(2)20(3)38-29(27)40-26)17-25-31(14-8-16-42(35,36)37)28-23-10-6-5-9-22(23)11-12-24(28)39-25;1-3-24-20(15-13-18-9-5-7-11-22(18)24)17-21-16-14-19-10-6-8-12-23(19)25(21)4-2/h5-6,9-12,17-18H,4,7-8,13-16H2,1-3H3,(H-,32,33,34,35,36,37);5-17H,3-4H2,1-2H3/q;+1/p+1. The molecule has 0 unspecified atom stereocenters. The lowest BCUT2D eigenvalue weighted by molar-refractivity contribution is -0.669. The quantitative estimate of drug-likeness (QED) is 0.0810. The van der Waals surface area contributed by atoms with Crippen molar-refractivity contribution >= 4 is 115 Å². The van der Waals surface area contributed by atoms with Crippen LogP contribution in [0, 0.1) is 13.8 Å². The minimum absolute atomic E-state index is 0.276. The van der Waals surface area contributed by atoms with E-state index in [0.29, 0.717) is 19.5 Å². The number of likely N-dealkylation sites (N-methyl/N-ethyl adjacent to an activating group) is 1. The van der Waals surface area contributed by atoms with Gasteiger partial charge in [0.25, 0.3) is 25.2 Å². The molecule has 348 valence electrons. The van der Waals surface area contributed by atoms with Crippen LogP contribution in [0.4, 0.5) is 11.4 Å². The molecule has 2 N–H and O–H groups in total. The maximum atomic E-state index is 11.5. The number of hydrogen-bond acceptors (Lipinski definition) is 9. The van der Waals surface area contributed by atoms with Crippen molar-refractivity contribution in [2.45, 2.75) is 71.9 Å². The Morgan fingerprint density at radius 3 is 2.19 bits per heavy atom. The minimum Gasteiger partial charge on any atom is -0.341 e. The lowest BCUT2D eigenvalue weighted by Crippen LogP contribution is -2.37. The van der Waals surface area contributed by atoms with E-state index in [-0.39, 0.29) is 17.9 Å². The van der Waals surface area contributed by atoms with Crippen molar-refractivity contribution < 1.29 is 35.1 Å². The van der Waals surface area contributed by atoms with Crippen LogP contribution in [0.5, 0.6) is 0 Å². The predicted molar refractivity (Wildman–Crippen MR) is 281 cm³/mol. The number of fused-ring (bicyclic) bond motifs is 6. The predicted octanol–water partition coefficient (Wildman–Crippen LogP) is 11.9. The number of aryl methyl sites for hydroxylation is 4. The van der Waals surface area contributed by atoms with E-state index in [1.165, 1.54) is 48.0 Å². The molecule has 0 spiro atoms. The summed E-state index contributed by atoms with van der Waals surface area (Å²) in [5.41, 5.74) is 10.7. The number of para-hydroxylation sites is 2. The van der Waals surface area contributed by atoms with Crippen LogP contribution in [0.1, 0.15) is 66.7 Å². The third-order valence-electron chi connectivity index (χ3n) is 12.1. The SMILES string of the molecule is CCC(=C\c1sc2sc(C)c(C)c2[n+]1CCCS(=O)(=O)O)/C=C1/Sc2ccc3ccccc3c2N1CCCS(=O)(=O)O.CCN1/C(=C/c2ccc3ccccc3[n+]2CC)C=Cc2ccccc21. The highest BCUT2D eigenvalue weighted by Gasteiger charge is 2.29. The molecule has 0 bridgehead atoms. The molecule has 0 saturated heterocycles. The number of pyridine rings is 1. The van der Waals surface area contributed by atoms with Crippen LogP contribution in [0.3, 0.4) is 0 Å². The number of thiazole rings is 1. The Labute approximate surface area is 406 Å². The topological polar surface area (TPSA) is 123 Å². The van der Waals surface area contributed by atoms with E-state index in [4.69, 9.17) is 0 Å². The van der Waals surface area contributed by atoms with E-state index in [1.807, 2.05) is 12.1 Å². The fourth-order valence-corrected chi connectivity index (χ4v) is 13.7. The minimum atomic E-state index is -4.08. The van der Waals surface area contributed by atoms with E-state index >= 15 is 0 Å². The Bertz CT molecular complexity index is 3350. The van der Waals surface area contributed by atoms with Gasteiger partial charge in [-0.05, 0) is 93.5 Å². The molecule has 0 amide bonds.